The topological polar surface area (TPSA) is 43.9 Å². The normalized spacial score (nSPS) is 12.2. The van der Waals surface area contributed by atoms with Crippen molar-refractivity contribution in [3.05, 3.63) is 127 Å². The molecule has 5 heteroatoms. The standard InChI is InChI=1S/C38H21N3OS/c1-2-10-23-21-31-28(19-22(23)9-1)25-11-3-6-14-30(25)41(31)37-35(40-38-36(39-37)27-13-4-7-15-32(27)42-38)24-17-18-34-29(20-24)26-12-5-8-16-33(26)43-34/h1-21H. The van der Waals surface area contributed by atoms with Crippen molar-refractivity contribution in [1.29, 1.82) is 0 Å². The van der Waals surface area contributed by atoms with Gasteiger partial charge in [0.05, 0.1) is 11.0 Å². The molecule has 200 valence electrons. The Balaban J connectivity index is 1.37. The summed E-state index contributed by atoms with van der Waals surface area (Å²) in [6, 6.07) is 45.0. The van der Waals surface area contributed by atoms with Gasteiger partial charge >= 0.3 is 0 Å². The molecule has 0 aliphatic heterocycles. The molecule has 10 aromatic rings. The highest BCUT2D eigenvalue weighted by atomic mass is 32.1. The fourth-order valence-electron chi connectivity index (χ4n) is 6.62. The van der Waals surface area contributed by atoms with Crippen molar-refractivity contribution >= 4 is 86.3 Å². The van der Waals surface area contributed by atoms with Gasteiger partial charge in [0.25, 0.3) is 0 Å². The maximum atomic E-state index is 6.28. The summed E-state index contributed by atoms with van der Waals surface area (Å²) in [4.78, 5) is 10.6. The summed E-state index contributed by atoms with van der Waals surface area (Å²) in [5.41, 5.74) is 6.09. The Hall–Kier alpha value is -5.52. The van der Waals surface area contributed by atoms with Crippen LogP contribution in [0.2, 0.25) is 0 Å². The predicted octanol–water partition coefficient (Wildman–Crippen LogP) is 10.7. The highest BCUT2D eigenvalue weighted by molar-refractivity contribution is 7.25. The van der Waals surface area contributed by atoms with Crippen LogP contribution >= 0.6 is 11.3 Å². The van der Waals surface area contributed by atoms with Crippen molar-refractivity contribution in [3.63, 3.8) is 0 Å². The van der Waals surface area contributed by atoms with E-state index in [2.05, 4.69) is 114 Å². The lowest BCUT2D eigenvalue weighted by molar-refractivity contribution is 0.653. The van der Waals surface area contributed by atoms with E-state index < -0.39 is 0 Å². The molecular formula is C38H21N3OS. The SMILES string of the molecule is c1ccc2cc3c(cc2c1)c1ccccc1n3-c1nc2c(nc1-c1ccc3sc4ccccc4c3c1)oc1ccccc12. The molecule has 0 radical (unpaired) electrons. The first-order valence-electron chi connectivity index (χ1n) is 14.3. The van der Waals surface area contributed by atoms with Crippen LogP contribution < -0.4 is 0 Å². The van der Waals surface area contributed by atoms with Crippen LogP contribution in [0.4, 0.5) is 0 Å². The number of furan rings is 1. The Morgan fingerprint density at radius 2 is 1.26 bits per heavy atom. The average molecular weight is 568 g/mol. The van der Waals surface area contributed by atoms with Crippen molar-refractivity contribution in [1.82, 2.24) is 14.5 Å². The summed E-state index contributed by atoms with van der Waals surface area (Å²) in [6.45, 7) is 0. The van der Waals surface area contributed by atoms with Crippen LogP contribution in [-0.2, 0) is 0 Å². The van der Waals surface area contributed by atoms with E-state index in [0.29, 0.717) is 5.71 Å². The Morgan fingerprint density at radius 3 is 2.16 bits per heavy atom. The summed E-state index contributed by atoms with van der Waals surface area (Å²) in [6.07, 6.45) is 0. The first kappa shape index (κ1) is 23.1. The molecule has 6 aromatic carbocycles. The van der Waals surface area contributed by atoms with Gasteiger partial charge in [-0.3, -0.25) is 4.57 Å². The molecule has 0 bridgehead atoms. The number of benzene rings is 6. The van der Waals surface area contributed by atoms with Crippen LogP contribution in [0.5, 0.6) is 0 Å². The molecule has 4 nitrogen and oxygen atoms in total. The summed E-state index contributed by atoms with van der Waals surface area (Å²) in [5, 5.41) is 8.23. The van der Waals surface area contributed by atoms with Crippen molar-refractivity contribution < 1.29 is 4.42 Å². The molecule has 10 rings (SSSR count). The molecule has 0 fully saturated rings. The van der Waals surface area contributed by atoms with Crippen LogP contribution in [0, 0.1) is 0 Å². The molecule has 0 aliphatic carbocycles. The number of fused-ring (bicyclic) bond motifs is 10. The third kappa shape index (κ3) is 3.25. The number of thiophene rings is 1. The molecular weight excluding hydrogens is 547 g/mol. The zero-order chi connectivity index (χ0) is 28.1. The third-order valence-corrected chi connectivity index (χ3v) is 9.75. The van der Waals surface area contributed by atoms with Gasteiger partial charge in [0, 0.05) is 41.9 Å². The second-order valence-corrected chi connectivity index (χ2v) is 12.1. The first-order valence-corrected chi connectivity index (χ1v) is 15.2. The Kier molecular flexibility index (Phi) is 4.57. The molecule has 4 aromatic heterocycles. The maximum Gasteiger partial charge on any atom is 0.247 e. The maximum absolute atomic E-state index is 6.28. The van der Waals surface area contributed by atoms with Gasteiger partial charge in [-0.25, -0.2) is 9.97 Å². The molecule has 0 aliphatic rings. The van der Waals surface area contributed by atoms with Crippen molar-refractivity contribution in [2.24, 2.45) is 0 Å². The predicted molar refractivity (Wildman–Crippen MR) is 179 cm³/mol. The van der Waals surface area contributed by atoms with E-state index in [1.165, 1.54) is 41.7 Å². The Labute approximate surface area is 249 Å². The van der Waals surface area contributed by atoms with E-state index >= 15 is 0 Å². The minimum atomic E-state index is 0.543. The number of hydrogen-bond donors (Lipinski definition) is 0. The number of rotatable bonds is 2. The second kappa shape index (κ2) is 8.51. The van der Waals surface area contributed by atoms with Gasteiger partial charge in [-0.15, -0.1) is 11.3 Å². The van der Waals surface area contributed by atoms with Gasteiger partial charge in [0.15, 0.2) is 5.82 Å². The van der Waals surface area contributed by atoms with Crippen molar-refractivity contribution in [3.8, 4) is 17.1 Å². The van der Waals surface area contributed by atoms with Crippen molar-refractivity contribution in [2.75, 3.05) is 0 Å². The van der Waals surface area contributed by atoms with Crippen LogP contribution in [0.3, 0.4) is 0 Å². The number of aromatic nitrogens is 3. The zero-order valence-electron chi connectivity index (χ0n) is 22.8. The van der Waals surface area contributed by atoms with Gasteiger partial charge in [-0.2, -0.15) is 0 Å². The van der Waals surface area contributed by atoms with E-state index in [9.17, 15) is 0 Å². The number of nitrogens with zero attached hydrogens (tertiary/aromatic N) is 3. The average Bonchev–Trinajstić information content (AvgIpc) is 3.71. The summed E-state index contributed by atoms with van der Waals surface area (Å²) in [7, 11) is 0. The quantitative estimate of drug-likeness (QED) is 0.209. The van der Waals surface area contributed by atoms with E-state index in [1.807, 2.05) is 29.5 Å². The lowest BCUT2D eigenvalue weighted by Gasteiger charge is -2.13. The summed E-state index contributed by atoms with van der Waals surface area (Å²) in [5.74, 6) is 0.791. The number of para-hydroxylation sites is 2. The molecule has 0 amide bonds. The third-order valence-electron chi connectivity index (χ3n) is 8.60. The number of hydrogen-bond acceptors (Lipinski definition) is 4. The molecule has 0 saturated carbocycles. The van der Waals surface area contributed by atoms with E-state index in [0.717, 1.165) is 44.6 Å². The molecule has 0 N–H and O–H groups in total. The zero-order valence-corrected chi connectivity index (χ0v) is 23.6. The van der Waals surface area contributed by atoms with Crippen LogP contribution in [0.15, 0.2) is 132 Å². The fraction of sp³-hybridized carbons (Fsp3) is 0. The fourth-order valence-corrected chi connectivity index (χ4v) is 7.71. The molecule has 0 saturated heterocycles. The minimum Gasteiger partial charge on any atom is -0.436 e. The second-order valence-electron chi connectivity index (χ2n) is 11.0. The summed E-state index contributed by atoms with van der Waals surface area (Å²) < 4.78 is 11.1. The monoisotopic (exact) mass is 567 g/mol. The molecule has 43 heavy (non-hydrogen) atoms. The van der Waals surface area contributed by atoms with Gasteiger partial charge in [0.1, 0.15) is 16.8 Å². The van der Waals surface area contributed by atoms with Crippen LogP contribution in [-0.4, -0.2) is 14.5 Å². The molecule has 0 unspecified atom stereocenters. The highest BCUT2D eigenvalue weighted by Gasteiger charge is 2.22. The lowest BCUT2D eigenvalue weighted by Crippen LogP contribution is -2.03. The molecule has 4 heterocycles. The molecule has 0 spiro atoms. The minimum absolute atomic E-state index is 0.543. The van der Waals surface area contributed by atoms with Gasteiger partial charge in [-0.05, 0) is 59.3 Å². The van der Waals surface area contributed by atoms with E-state index in [1.54, 1.807) is 0 Å². The smallest absolute Gasteiger partial charge is 0.247 e. The highest BCUT2D eigenvalue weighted by Crippen LogP contribution is 2.41. The lowest BCUT2D eigenvalue weighted by atomic mass is 10.1. The largest absolute Gasteiger partial charge is 0.436 e. The van der Waals surface area contributed by atoms with Crippen molar-refractivity contribution in [2.45, 2.75) is 0 Å². The van der Waals surface area contributed by atoms with Gasteiger partial charge in [0.2, 0.25) is 5.71 Å². The van der Waals surface area contributed by atoms with Gasteiger partial charge < -0.3 is 4.42 Å². The van der Waals surface area contributed by atoms with E-state index in [-0.39, 0.29) is 0 Å². The van der Waals surface area contributed by atoms with E-state index in [4.69, 9.17) is 14.4 Å². The Bertz CT molecular complexity index is 2750. The van der Waals surface area contributed by atoms with Gasteiger partial charge in [-0.1, -0.05) is 78.9 Å². The first-order chi connectivity index (χ1) is 21.3. The Morgan fingerprint density at radius 1 is 0.535 bits per heavy atom. The summed E-state index contributed by atoms with van der Waals surface area (Å²) >= 11 is 1.82. The van der Waals surface area contributed by atoms with Crippen LogP contribution in [0.1, 0.15) is 0 Å². The van der Waals surface area contributed by atoms with Crippen LogP contribution in [0.25, 0.3) is 92.0 Å². The molecule has 0 atom stereocenters.